The Morgan fingerprint density at radius 2 is 0.950 bits per heavy atom. The van der Waals surface area contributed by atoms with Crippen molar-refractivity contribution < 1.29 is 42.1 Å². The van der Waals surface area contributed by atoms with Crippen LogP contribution in [0.25, 0.3) is 0 Å². The first-order chi connectivity index (χ1) is 29.0. The standard InChI is InChI=1S/C50H92NO8P/c1-6-8-10-12-14-16-18-20-22-23-24-25-26-27-29-31-33-35-37-39-41-43-50(53)59-48(47-58-60(54,55)57-45-44-51(3,4)5)46-56-49(52)42-40-38-36-34-32-30-28-21-19-17-15-13-11-9-7-2/h9,11,15,17,20-22,28,48H,6-8,10,12-14,16,18-19,23-27,29-47H2,1-5H3/p+1/b11-9+,17-15+,22-20+,28-21+/t48-/m1/s1. The number of likely N-dealkylation sites (N-methyl/N-ethyl adjacent to an activating group) is 1. The van der Waals surface area contributed by atoms with Gasteiger partial charge < -0.3 is 18.9 Å². The van der Waals surface area contributed by atoms with Gasteiger partial charge in [-0.05, 0) is 70.6 Å². The summed E-state index contributed by atoms with van der Waals surface area (Å²) in [5.41, 5.74) is 0. The van der Waals surface area contributed by atoms with E-state index < -0.39 is 26.5 Å². The van der Waals surface area contributed by atoms with Gasteiger partial charge in [0.05, 0.1) is 27.7 Å². The Hall–Kier alpha value is -2.03. The van der Waals surface area contributed by atoms with Gasteiger partial charge in [-0.2, -0.15) is 0 Å². The molecule has 0 radical (unpaired) electrons. The maximum Gasteiger partial charge on any atom is 0.472 e. The lowest BCUT2D eigenvalue weighted by Crippen LogP contribution is -2.37. The normalized spacial score (nSPS) is 13.9. The van der Waals surface area contributed by atoms with Gasteiger partial charge in [-0.3, -0.25) is 18.6 Å². The summed E-state index contributed by atoms with van der Waals surface area (Å²) in [6.45, 7) is 4.30. The van der Waals surface area contributed by atoms with Gasteiger partial charge in [0, 0.05) is 12.8 Å². The fraction of sp³-hybridized carbons (Fsp3) is 0.800. The van der Waals surface area contributed by atoms with Crippen LogP contribution in [0.2, 0.25) is 0 Å². The number of quaternary nitrogens is 1. The van der Waals surface area contributed by atoms with E-state index in [9.17, 15) is 19.0 Å². The molecular weight excluding hydrogens is 774 g/mol. The predicted octanol–water partition coefficient (Wildman–Crippen LogP) is 14.2. The number of unbranched alkanes of at least 4 members (excludes halogenated alkanes) is 22. The molecule has 0 fully saturated rings. The van der Waals surface area contributed by atoms with Gasteiger partial charge in [0.1, 0.15) is 19.8 Å². The lowest BCUT2D eigenvalue weighted by atomic mass is 10.0. The lowest BCUT2D eigenvalue weighted by Gasteiger charge is -2.24. The number of hydrogen-bond acceptors (Lipinski definition) is 7. The summed E-state index contributed by atoms with van der Waals surface area (Å²) < 4.78 is 34.4. The summed E-state index contributed by atoms with van der Waals surface area (Å²) >= 11 is 0. The Morgan fingerprint density at radius 1 is 0.533 bits per heavy atom. The Bertz CT molecular complexity index is 1160. The SMILES string of the molecule is CC/C=C/C/C=C/C/C=C/CCCCCCCC(=O)OC[C@H](COP(=O)(O)OCC[N+](C)(C)C)OC(=O)CCCCCCCCCCCCC/C=C/CCCCCCCC. The highest BCUT2D eigenvalue weighted by Gasteiger charge is 2.27. The van der Waals surface area contributed by atoms with E-state index in [1.54, 1.807) is 0 Å². The highest BCUT2D eigenvalue weighted by molar-refractivity contribution is 7.47. The van der Waals surface area contributed by atoms with Crippen LogP contribution in [0.1, 0.15) is 206 Å². The van der Waals surface area contributed by atoms with Gasteiger partial charge in [0.15, 0.2) is 6.10 Å². The van der Waals surface area contributed by atoms with Crippen molar-refractivity contribution in [3.05, 3.63) is 48.6 Å². The van der Waals surface area contributed by atoms with Crippen LogP contribution in [0.3, 0.4) is 0 Å². The molecule has 0 rings (SSSR count). The summed E-state index contributed by atoms with van der Waals surface area (Å²) in [6.07, 6.45) is 50.2. The molecule has 60 heavy (non-hydrogen) atoms. The molecule has 0 bridgehead atoms. The molecule has 9 nitrogen and oxygen atoms in total. The molecule has 0 amide bonds. The quantitative estimate of drug-likeness (QED) is 0.0212. The van der Waals surface area contributed by atoms with Crippen LogP contribution < -0.4 is 0 Å². The van der Waals surface area contributed by atoms with Crippen molar-refractivity contribution in [3.8, 4) is 0 Å². The Morgan fingerprint density at radius 3 is 1.43 bits per heavy atom. The molecule has 0 aliphatic carbocycles. The smallest absolute Gasteiger partial charge is 0.462 e. The van der Waals surface area contributed by atoms with Crippen LogP contribution in [-0.4, -0.2) is 74.9 Å². The first kappa shape index (κ1) is 58.0. The molecule has 0 aromatic carbocycles. The molecule has 0 saturated heterocycles. The summed E-state index contributed by atoms with van der Waals surface area (Å²) in [5.74, 6) is -0.816. The van der Waals surface area contributed by atoms with Gasteiger partial charge in [-0.1, -0.05) is 172 Å². The Balaban J connectivity index is 4.28. The van der Waals surface area contributed by atoms with Crippen molar-refractivity contribution in [1.82, 2.24) is 0 Å². The molecule has 350 valence electrons. The molecule has 0 spiro atoms. The number of ether oxygens (including phenoxy) is 2. The molecule has 0 aromatic rings. The van der Waals surface area contributed by atoms with Gasteiger partial charge in [-0.25, -0.2) is 4.57 Å². The number of rotatable bonds is 44. The third-order valence-electron chi connectivity index (χ3n) is 10.3. The highest BCUT2D eigenvalue weighted by atomic mass is 31.2. The van der Waals surface area contributed by atoms with E-state index in [1.807, 2.05) is 21.1 Å². The highest BCUT2D eigenvalue weighted by Crippen LogP contribution is 2.43. The van der Waals surface area contributed by atoms with E-state index >= 15 is 0 Å². The molecular formula is C50H93NO8P+. The number of phosphoric acid groups is 1. The molecule has 2 atom stereocenters. The third kappa shape index (κ3) is 45.5. The van der Waals surface area contributed by atoms with E-state index in [4.69, 9.17) is 18.5 Å². The van der Waals surface area contributed by atoms with Crippen LogP contribution in [0.5, 0.6) is 0 Å². The Kier molecular flexibility index (Phi) is 40.8. The molecule has 0 heterocycles. The van der Waals surface area contributed by atoms with Crippen molar-refractivity contribution in [2.45, 2.75) is 213 Å². The number of esters is 2. The molecule has 0 saturated carbocycles. The zero-order chi connectivity index (χ0) is 44.3. The van der Waals surface area contributed by atoms with Crippen molar-refractivity contribution in [1.29, 1.82) is 0 Å². The minimum absolute atomic E-state index is 0.0277. The second-order valence-corrected chi connectivity index (χ2v) is 18.9. The summed E-state index contributed by atoms with van der Waals surface area (Å²) in [6, 6.07) is 0. The molecule has 0 aliphatic heterocycles. The van der Waals surface area contributed by atoms with Crippen molar-refractivity contribution >= 4 is 19.8 Å². The maximum atomic E-state index is 12.7. The molecule has 10 heteroatoms. The molecule has 0 aromatic heterocycles. The van der Waals surface area contributed by atoms with E-state index in [2.05, 4.69) is 62.5 Å². The average molecular weight is 867 g/mol. The Labute approximate surface area is 369 Å². The van der Waals surface area contributed by atoms with Crippen LogP contribution >= 0.6 is 7.82 Å². The van der Waals surface area contributed by atoms with Crippen LogP contribution in [0.15, 0.2) is 48.6 Å². The summed E-state index contributed by atoms with van der Waals surface area (Å²) in [7, 11) is 1.46. The van der Waals surface area contributed by atoms with Crippen molar-refractivity contribution in [2.24, 2.45) is 0 Å². The summed E-state index contributed by atoms with van der Waals surface area (Å²) in [4.78, 5) is 35.5. The number of carbonyl (C=O) groups excluding carboxylic acids is 2. The van der Waals surface area contributed by atoms with Crippen molar-refractivity contribution in [2.75, 3.05) is 47.5 Å². The monoisotopic (exact) mass is 867 g/mol. The number of allylic oxidation sites excluding steroid dienone is 8. The number of hydrogen-bond donors (Lipinski definition) is 1. The second-order valence-electron chi connectivity index (χ2n) is 17.5. The van der Waals surface area contributed by atoms with Crippen LogP contribution in [0.4, 0.5) is 0 Å². The van der Waals surface area contributed by atoms with Crippen LogP contribution in [0, 0.1) is 0 Å². The molecule has 0 aliphatic rings. The van der Waals surface area contributed by atoms with Gasteiger partial charge in [-0.15, -0.1) is 0 Å². The molecule has 1 unspecified atom stereocenters. The number of phosphoric ester groups is 1. The topological polar surface area (TPSA) is 108 Å². The number of carbonyl (C=O) groups is 2. The van der Waals surface area contributed by atoms with Gasteiger partial charge in [0.2, 0.25) is 0 Å². The fourth-order valence-electron chi connectivity index (χ4n) is 6.55. The van der Waals surface area contributed by atoms with Crippen molar-refractivity contribution in [3.63, 3.8) is 0 Å². The van der Waals surface area contributed by atoms with E-state index in [0.717, 1.165) is 77.0 Å². The van der Waals surface area contributed by atoms with E-state index in [0.29, 0.717) is 17.4 Å². The summed E-state index contributed by atoms with van der Waals surface area (Å²) in [5, 5.41) is 0. The zero-order valence-corrected chi connectivity index (χ0v) is 40.3. The van der Waals surface area contributed by atoms with Crippen LogP contribution in [-0.2, 0) is 32.7 Å². The van der Waals surface area contributed by atoms with E-state index in [1.165, 1.54) is 96.3 Å². The maximum absolute atomic E-state index is 12.7. The first-order valence-electron chi connectivity index (χ1n) is 24.4. The average Bonchev–Trinajstić information content (AvgIpc) is 3.20. The zero-order valence-electron chi connectivity index (χ0n) is 39.4. The fourth-order valence-corrected chi connectivity index (χ4v) is 7.29. The van der Waals surface area contributed by atoms with Gasteiger partial charge >= 0.3 is 19.8 Å². The first-order valence-corrected chi connectivity index (χ1v) is 25.9. The third-order valence-corrected chi connectivity index (χ3v) is 11.3. The predicted molar refractivity (Wildman–Crippen MR) is 252 cm³/mol. The minimum atomic E-state index is -4.38. The number of nitrogens with zero attached hydrogens (tertiary/aromatic N) is 1. The minimum Gasteiger partial charge on any atom is -0.462 e. The molecule has 1 N–H and O–H groups in total. The second kappa shape index (κ2) is 42.3. The lowest BCUT2D eigenvalue weighted by molar-refractivity contribution is -0.870. The largest absolute Gasteiger partial charge is 0.472 e. The van der Waals surface area contributed by atoms with Gasteiger partial charge in [0.25, 0.3) is 0 Å². The van der Waals surface area contributed by atoms with E-state index in [-0.39, 0.29) is 32.0 Å².